The van der Waals surface area contributed by atoms with Crippen LogP contribution in [0.2, 0.25) is 0 Å². The zero-order chi connectivity index (χ0) is 13.3. The van der Waals surface area contributed by atoms with Gasteiger partial charge in [-0.15, -0.1) is 6.42 Å². The Hall–Kier alpha value is -0.640. The summed E-state index contributed by atoms with van der Waals surface area (Å²) in [5.74, 6) is 2.44. The van der Waals surface area contributed by atoms with Crippen LogP contribution in [0.25, 0.3) is 0 Å². The average Bonchev–Trinajstić information content (AvgIpc) is 2.24. The minimum Gasteiger partial charge on any atom is -0.321 e. The third kappa shape index (κ3) is 6.61. The number of terminal acetylenes is 1. The van der Waals surface area contributed by atoms with E-state index in [1.807, 2.05) is 6.07 Å². The Kier molecular flexibility index (Phi) is 9.04. The highest BCUT2D eigenvalue weighted by Gasteiger charge is 2.26. The highest BCUT2D eigenvalue weighted by molar-refractivity contribution is 7.44. The summed E-state index contributed by atoms with van der Waals surface area (Å²) in [5.41, 5.74) is 0. The third-order valence-corrected chi connectivity index (χ3v) is 3.97. The van der Waals surface area contributed by atoms with Gasteiger partial charge in [0.25, 0.3) is 8.53 Å². The molecule has 5 heteroatoms. The van der Waals surface area contributed by atoms with Gasteiger partial charge in [-0.1, -0.05) is 5.92 Å². The summed E-state index contributed by atoms with van der Waals surface area (Å²) in [5, 5.41) is 8.50. The van der Waals surface area contributed by atoms with Crippen molar-refractivity contribution in [2.75, 3.05) is 13.2 Å². The smallest absolute Gasteiger partial charge is 0.260 e. The third-order valence-electron chi connectivity index (χ3n) is 1.92. The number of hydrogen-bond acceptors (Lipinski definition) is 4. The van der Waals surface area contributed by atoms with Crippen molar-refractivity contribution in [1.82, 2.24) is 4.67 Å². The summed E-state index contributed by atoms with van der Waals surface area (Å²) in [6.45, 7) is 8.95. The molecule has 1 unspecified atom stereocenters. The standard InChI is InChI=1S/C12H21N2O2P/c1-6-9-15-17(16-10-7-8-13)14(11(2)3)12(4)5/h1,11-12H,7,9-10H2,2-5H3. The number of rotatable bonds is 8. The van der Waals surface area contributed by atoms with Crippen LogP contribution < -0.4 is 0 Å². The topological polar surface area (TPSA) is 45.5 Å². The molecule has 0 spiro atoms. The largest absolute Gasteiger partial charge is 0.321 e. The monoisotopic (exact) mass is 256 g/mol. The maximum Gasteiger partial charge on any atom is 0.260 e. The first-order valence-corrected chi connectivity index (χ1v) is 6.82. The Morgan fingerprint density at radius 2 is 1.82 bits per heavy atom. The molecule has 0 aromatic heterocycles. The van der Waals surface area contributed by atoms with Crippen LogP contribution in [0.1, 0.15) is 34.1 Å². The van der Waals surface area contributed by atoms with Gasteiger partial charge in [-0.05, 0) is 27.7 Å². The summed E-state index contributed by atoms with van der Waals surface area (Å²) in [6.07, 6.45) is 5.56. The summed E-state index contributed by atoms with van der Waals surface area (Å²) in [4.78, 5) is 0. The van der Waals surface area contributed by atoms with E-state index in [1.54, 1.807) is 0 Å². The first-order chi connectivity index (χ1) is 8.04. The van der Waals surface area contributed by atoms with Gasteiger partial charge in [0.2, 0.25) is 0 Å². The van der Waals surface area contributed by atoms with E-state index in [2.05, 4.69) is 38.3 Å². The Bertz CT molecular complexity index is 273. The molecule has 0 aliphatic heterocycles. The molecule has 0 aromatic carbocycles. The maximum absolute atomic E-state index is 8.50. The molecule has 4 nitrogen and oxygen atoms in total. The van der Waals surface area contributed by atoms with Crippen LogP contribution in [-0.4, -0.2) is 30.0 Å². The summed E-state index contributed by atoms with van der Waals surface area (Å²) in [7, 11) is -1.18. The molecule has 0 rings (SSSR count). The fourth-order valence-corrected chi connectivity index (χ4v) is 2.93. The fraction of sp³-hybridized carbons (Fsp3) is 0.750. The summed E-state index contributed by atoms with van der Waals surface area (Å²) in [6, 6.07) is 2.66. The van der Waals surface area contributed by atoms with Crippen molar-refractivity contribution < 1.29 is 9.05 Å². The van der Waals surface area contributed by atoms with E-state index < -0.39 is 8.53 Å². The van der Waals surface area contributed by atoms with Crippen molar-refractivity contribution >= 4 is 8.53 Å². The predicted molar refractivity (Wildman–Crippen MR) is 70.0 cm³/mol. The Balaban J connectivity index is 4.51. The summed E-state index contributed by atoms with van der Waals surface area (Å²) >= 11 is 0. The molecule has 0 amide bonds. The number of nitriles is 1. The number of nitrogens with zero attached hydrogens (tertiary/aromatic N) is 2. The molecule has 0 bridgehead atoms. The van der Waals surface area contributed by atoms with E-state index >= 15 is 0 Å². The second-order valence-corrected chi connectivity index (χ2v) is 5.48. The van der Waals surface area contributed by atoms with E-state index in [0.717, 1.165) is 0 Å². The molecule has 0 saturated carbocycles. The Morgan fingerprint density at radius 3 is 2.24 bits per heavy atom. The van der Waals surface area contributed by atoms with E-state index in [4.69, 9.17) is 20.7 Å². The molecule has 1 atom stereocenters. The van der Waals surface area contributed by atoms with Crippen molar-refractivity contribution in [2.24, 2.45) is 0 Å². The van der Waals surface area contributed by atoms with E-state index in [9.17, 15) is 0 Å². The van der Waals surface area contributed by atoms with Crippen LogP contribution in [0.4, 0.5) is 0 Å². The van der Waals surface area contributed by atoms with E-state index in [-0.39, 0.29) is 6.61 Å². The van der Waals surface area contributed by atoms with Crippen LogP contribution in [0.5, 0.6) is 0 Å². The molecule has 0 heterocycles. The number of hydrogen-bond donors (Lipinski definition) is 0. The van der Waals surface area contributed by atoms with Gasteiger partial charge in [0.15, 0.2) is 0 Å². The van der Waals surface area contributed by atoms with Gasteiger partial charge < -0.3 is 9.05 Å². The normalized spacial score (nSPS) is 12.8. The minimum absolute atomic E-state index is 0.230. The van der Waals surface area contributed by atoms with Crippen LogP contribution in [0.15, 0.2) is 0 Å². The molecule has 0 aliphatic rings. The molecule has 0 saturated heterocycles. The van der Waals surface area contributed by atoms with Gasteiger partial charge in [-0.25, -0.2) is 4.67 Å². The second-order valence-electron chi connectivity index (χ2n) is 4.02. The first kappa shape index (κ1) is 16.4. The van der Waals surface area contributed by atoms with Crippen molar-refractivity contribution in [2.45, 2.75) is 46.2 Å². The van der Waals surface area contributed by atoms with Crippen LogP contribution in [0.3, 0.4) is 0 Å². The zero-order valence-electron chi connectivity index (χ0n) is 11.0. The molecular weight excluding hydrogens is 235 g/mol. The summed E-state index contributed by atoms with van der Waals surface area (Å²) < 4.78 is 13.3. The van der Waals surface area contributed by atoms with E-state index in [0.29, 0.717) is 25.1 Å². The van der Waals surface area contributed by atoms with Crippen LogP contribution in [0, 0.1) is 23.7 Å². The van der Waals surface area contributed by atoms with Crippen LogP contribution in [-0.2, 0) is 9.05 Å². The molecule has 0 fully saturated rings. The van der Waals surface area contributed by atoms with Gasteiger partial charge in [0, 0.05) is 12.1 Å². The highest BCUT2D eigenvalue weighted by Crippen LogP contribution is 2.45. The predicted octanol–water partition coefficient (Wildman–Crippen LogP) is 2.91. The molecular formula is C12H21N2O2P. The van der Waals surface area contributed by atoms with Crippen molar-refractivity contribution in [3.8, 4) is 18.4 Å². The van der Waals surface area contributed by atoms with Gasteiger partial charge in [0.1, 0.15) is 6.61 Å². The lowest BCUT2D eigenvalue weighted by molar-refractivity contribution is 0.188. The van der Waals surface area contributed by atoms with Gasteiger partial charge in [0.05, 0.1) is 19.1 Å². The zero-order valence-corrected chi connectivity index (χ0v) is 11.9. The second kappa shape index (κ2) is 9.40. The lowest BCUT2D eigenvalue weighted by atomic mass is 10.3. The van der Waals surface area contributed by atoms with Crippen molar-refractivity contribution in [1.29, 1.82) is 5.26 Å². The lowest BCUT2D eigenvalue weighted by Crippen LogP contribution is -2.33. The molecule has 17 heavy (non-hydrogen) atoms. The maximum atomic E-state index is 8.50. The Morgan fingerprint density at radius 1 is 1.24 bits per heavy atom. The SMILES string of the molecule is C#CCOP(OCCC#N)N(C(C)C)C(C)C. The van der Waals surface area contributed by atoms with E-state index in [1.165, 1.54) is 0 Å². The molecule has 0 radical (unpaired) electrons. The molecule has 0 N–H and O–H groups in total. The van der Waals surface area contributed by atoms with Crippen molar-refractivity contribution in [3.63, 3.8) is 0 Å². The highest BCUT2D eigenvalue weighted by atomic mass is 31.2. The molecule has 96 valence electrons. The van der Waals surface area contributed by atoms with Gasteiger partial charge in [-0.3, -0.25) is 0 Å². The minimum atomic E-state index is -1.18. The van der Waals surface area contributed by atoms with Gasteiger partial charge >= 0.3 is 0 Å². The first-order valence-electron chi connectivity index (χ1n) is 5.69. The average molecular weight is 256 g/mol. The molecule has 0 aliphatic carbocycles. The molecule has 0 aromatic rings. The quantitative estimate of drug-likeness (QED) is 0.380. The Labute approximate surface area is 106 Å². The lowest BCUT2D eigenvalue weighted by Gasteiger charge is -2.35. The van der Waals surface area contributed by atoms with Crippen molar-refractivity contribution in [3.05, 3.63) is 0 Å². The fourth-order valence-electron chi connectivity index (χ4n) is 1.41. The van der Waals surface area contributed by atoms with Gasteiger partial charge in [-0.2, -0.15) is 5.26 Å². The van der Waals surface area contributed by atoms with Crippen LogP contribution >= 0.6 is 8.53 Å².